The highest BCUT2D eigenvalue weighted by atomic mass is 32.2. The first kappa shape index (κ1) is 22.5. The molecule has 0 saturated heterocycles. The predicted molar refractivity (Wildman–Crippen MR) is 116 cm³/mol. The molecule has 3 aromatic rings. The topological polar surface area (TPSA) is 86.1 Å². The van der Waals surface area contributed by atoms with Gasteiger partial charge in [0.2, 0.25) is 5.91 Å². The van der Waals surface area contributed by atoms with Crippen molar-refractivity contribution in [2.24, 2.45) is 7.05 Å². The minimum absolute atomic E-state index is 0.129. The Hall–Kier alpha value is -3.20. The first-order valence-electron chi connectivity index (χ1n) is 9.60. The van der Waals surface area contributed by atoms with Crippen LogP contribution in [0.4, 0.5) is 4.39 Å². The van der Waals surface area contributed by atoms with Gasteiger partial charge in [-0.3, -0.25) is 9.59 Å². The zero-order valence-electron chi connectivity index (χ0n) is 17.5. The molecule has 0 radical (unpaired) electrons. The Kier molecular flexibility index (Phi) is 7.41. The average molecular weight is 443 g/mol. The second-order valence-electron chi connectivity index (χ2n) is 6.93. The molecule has 0 aliphatic heterocycles. The highest BCUT2D eigenvalue weighted by Crippen LogP contribution is 2.20. The van der Waals surface area contributed by atoms with E-state index in [-0.39, 0.29) is 35.7 Å². The monoisotopic (exact) mass is 442 g/mol. The van der Waals surface area contributed by atoms with Gasteiger partial charge in [-0.1, -0.05) is 23.9 Å². The van der Waals surface area contributed by atoms with Crippen LogP contribution in [0, 0.1) is 5.82 Å². The Morgan fingerprint density at radius 1 is 1.13 bits per heavy atom. The number of thioether (sulfide) groups is 1. The van der Waals surface area contributed by atoms with Crippen LogP contribution >= 0.6 is 11.8 Å². The number of hydrogen-bond acceptors (Lipinski definition) is 6. The van der Waals surface area contributed by atoms with Gasteiger partial charge in [-0.15, -0.1) is 10.2 Å². The summed E-state index contributed by atoms with van der Waals surface area (Å²) in [4.78, 5) is 24.7. The molecule has 1 atom stereocenters. The van der Waals surface area contributed by atoms with Crippen molar-refractivity contribution in [3.05, 3.63) is 71.3 Å². The maximum atomic E-state index is 13.0. The number of nitrogens with zero attached hydrogens (tertiary/aromatic N) is 3. The molecule has 1 aromatic heterocycles. The summed E-state index contributed by atoms with van der Waals surface area (Å²) < 4.78 is 19.9. The van der Waals surface area contributed by atoms with Gasteiger partial charge in [0, 0.05) is 12.6 Å². The van der Waals surface area contributed by atoms with E-state index in [0.717, 1.165) is 11.3 Å². The van der Waals surface area contributed by atoms with Gasteiger partial charge < -0.3 is 14.6 Å². The zero-order chi connectivity index (χ0) is 22.4. The van der Waals surface area contributed by atoms with Crippen LogP contribution in [0.25, 0.3) is 0 Å². The fourth-order valence-electron chi connectivity index (χ4n) is 2.96. The molecule has 1 amide bonds. The van der Waals surface area contributed by atoms with Crippen molar-refractivity contribution in [3.8, 4) is 5.75 Å². The number of hydrogen-bond donors (Lipinski definition) is 1. The van der Waals surface area contributed by atoms with Gasteiger partial charge in [-0.25, -0.2) is 4.39 Å². The van der Waals surface area contributed by atoms with Gasteiger partial charge in [0.1, 0.15) is 11.6 Å². The number of rotatable bonds is 9. The minimum Gasteiger partial charge on any atom is -0.497 e. The highest BCUT2D eigenvalue weighted by Gasteiger charge is 2.19. The third kappa shape index (κ3) is 5.91. The number of benzene rings is 2. The van der Waals surface area contributed by atoms with Crippen LogP contribution in [0.1, 0.15) is 34.7 Å². The van der Waals surface area contributed by atoms with E-state index in [0.29, 0.717) is 16.5 Å². The van der Waals surface area contributed by atoms with Crippen LogP contribution in [0.3, 0.4) is 0 Å². The molecule has 2 aromatic carbocycles. The Morgan fingerprint density at radius 2 is 1.81 bits per heavy atom. The van der Waals surface area contributed by atoms with E-state index in [2.05, 4.69) is 15.5 Å². The fraction of sp³-hybridized carbons (Fsp3) is 0.273. The maximum Gasteiger partial charge on any atom is 0.224 e. The lowest BCUT2D eigenvalue weighted by atomic mass is 10.1. The number of Topliss-reactive ketones (excluding diaryl/α,β-unsaturated/α-hetero) is 1. The number of carbonyl (C=O) groups excluding carboxylic acids is 2. The summed E-state index contributed by atoms with van der Waals surface area (Å²) in [6.45, 7) is 1.83. The predicted octanol–water partition coefficient (Wildman–Crippen LogP) is 3.36. The van der Waals surface area contributed by atoms with Crippen molar-refractivity contribution < 1.29 is 18.7 Å². The Labute approximate surface area is 184 Å². The molecule has 0 bridgehead atoms. The number of methoxy groups -OCH3 is 1. The summed E-state index contributed by atoms with van der Waals surface area (Å²) in [7, 11) is 3.38. The van der Waals surface area contributed by atoms with Gasteiger partial charge >= 0.3 is 0 Å². The number of nitrogens with one attached hydrogen (secondary N) is 1. The quantitative estimate of drug-likeness (QED) is 0.404. The van der Waals surface area contributed by atoms with Gasteiger partial charge in [0.25, 0.3) is 0 Å². The first-order valence-corrected chi connectivity index (χ1v) is 10.6. The van der Waals surface area contributed by atoms with Crippen LogP contribution in [0.15, 0.2) is 53.7 Å². The molecule has 0 saturated carbocycles. The largest absolute Gasteiger partial charge is 0.497 e. The van der Waals surface area contributed by atoms with Crippen molar-refractivity contribution in [1.82, 2.24) is 20.1 Å². The fourth-order valence-corrected chi connectivity index (χ4v) is 3.78. The zero-order valence-corrected chi connectivity index (χ0v) is 18.3. The Morgan fingerprint density at radius 3 is 2.45 bits per heavy atom. The molecule has 1 N–H and O–H groups in total. The molecule has 7 nitrogen and oxygen atoms in total. The molecule has 0 aliphatic rings. The standard InChI is InChI=1S/C22H23FN4O3S/c1-14(24-20(29)12-15-4-10-18(30-3)11-5-15)21-25-26-22(27(21)2)31-13-19(28)16-6-8-17(23)9-7-16/h4-11,14H,12-13H2,1-3H3,(H,24,29)/t14-/m1/s1. The smallest absolute Gasteiger partial charge is 0.224 e. The van der Waals surface area contributed by atoms with Crippen LogP contribution in [0.2, 0.25) is 0 Å². The van der Waals surface area contributed by atoms with Gasteiger partial charge in [0.05, 0.1) is 25.3 Å². The molecule has 0 unspecified atom stereocenters. The Balaban J connectivity index is 1.56. The lowest BCUT2D eigenvalue weighted by Crippen LogP contribution is -2.29. The number of ether oxygens (including phenoxy) is 1. The number of ketones is 1. The molecule has 3 rings (SSSR count). The van der Waals surface area contributed by atoms with Gasteiger partial charge in [-0.05, 0) is 48.9 Å². The number of amides is 1. The second-order valence-corrected chi connectivity index (χ2v) is 7.88. The number of carbonyl (C=O) groups is 2. The molecule has 0 fully saturated rings. The molecule has 9 heteroatoms. The summed E-state index contributed by atoms with van der Waals surface area (Å²) in [5, 5.41) is 11.8. The van der Waals surface area contributed by atoms with Gasteiger partial charge in [0.15, 0.2) is 16.8 Å². The van der Waals surface area contributed by atoms with Crippen molar-refractivity contribution in [2.45, 2.75) is 24.5 Å². The van der Waals surface area contributed by atoms with Gasteiger partial charge in [-0.2, -0.15) is 0 Å². The van der Waals surface area contributed by atoms with Crippen LogP contribution < -0.4 is 10.1 Å². The van der Waals surface area contributed by atoms with Crippen molar-refractivity contribution >= 4 is 23.5 Å². The summed E-state index contributed by atoms with van der Waals surface area (Å²) >= 11 is 1.24. The summed E-state index contributed by atoms with van der Waals surface area (Å²) in [5.41, 5.74) is 1.31. The lowest BCUT2D eigenvalue weighted by Gasteiger charge is -2.14. The average Bonchev–Trinajstić information content (AvgIpc) is 3.13. The van der Waals surface area contributed by atoms with Crippen LogP contribution in [-0.4, -0.2) is 39.3 Å². The van der Waals surface area contributed by atoms with Crippen molar-refractivity contribution in [1.29, 1.82) is 0 Å². The second kappa shape index (κ2) is 10.2. The molecule has 31 heavy (non-hydrogen) atoms. The summed E-state index contributed by atoms with van der Waals surface area (Å²) in [6.07, 6.45) is 0.236. The molecular weight excluding hydrogens is 419 g/mol. The third-order valence-corrected chi connectivity index (χ3v) is 5.68. The van der Waals surface area contributed by atoms with E-state index in [1.54, 1.807) is 18.7 Å². The molecule has 162 valence electrons. The van der Waals surface area contributed by atoms with E-state index in [1.165, 1.54) is 36.0 Å². The van der Waals surface area contributed by atoms with E-state index >= 15 is 0 Å². The lowest BCUT2D eigenvalue weighted by molar-refractivity contribution is -0.121. The maximum absolute atomic E-state index is 13.0. The van der Waals surface area contributed by atoms with E-state index in [1.807, 2.05) is 31.2 Å². The van der Waals surface area contributed by atoms with E-state index in [4.69, 9.17) is 4.74 Å². The van der Waals surface area contributed by atoms with E-state index in [9.17, 15) is 14.0 Å². The number of halogens is 1. The SMILES string of the molecule is COc1ccc(CC(=O)N[C@H](C)c2nnc(SCC(=O)c3ccc(F)cc3)n2C)cc1. The minimum atomic E-state index is -0.384. The van der Waals surface area contributed by atoms with Crippen LogP contribution in [0.5, 0.6) is 5.75 Å². The molecule has 0 aliphatic carbocycles. The summed E-state index contributed by atoms with van der Waals surface area (Å²) in [5.74, 6) is 0.816. The third-order valence-electron chi connectivity index (χ3n) is 4.66. The van der Waals surface area contributed by atoms with Crippen molar-refractivity contribution in [3.63, 3.8) is 0 Å². The highest BCUT2D eigenvalue weighted by molar-refractivity contribution is 7.99. The van der Waals surface area contributed by atoms with Crippen molar-refractivity contribution in [2.75, 3.05) is 12.9 Å². The first-order chi connectivity index (χ1) is 14.9. The molecule has 0 spiro atoms. The Bertz CT molecular complexity index is 1050. The molecule has 1 heterocycles. The number of aromatic nitrogens is 3. The van der Waals surface area contributed by atoms with E-state index < -0.39 is 0 Å². The summed E-state index contributed by atoms with van der Waals surface area (Å²) in [6, 6.07) is 12.4. The normalized spacial score (nSPS) is 11.7. The van der Waals surface area contributed by atoms with Crippen LogP contribution in [-0.2, 0) is 18.3 Å². The molecular formula is C22H23FN4O3S.